The van der Waals surface area contributed by atoms with Crippen LogP contribution in [0.4, 0.5) is 0 Å². The Bertz CT molecular complexity index is 1090. The zero-order valence-corrected chi connectivity index (χ0v) is 19.9. The highest BCUT2D eigenvalue weighted by atomic mass is 16.5. The molecule has 2 fully saturated rings. The summed E-state index contributed by atoms with van der Waals surface area (Å²) in [5.74, 6) is 1.79. The molecule has 2 heterocycles. The molecular formula is C28H33N3O3. The minimum Gasteiger partial charge on any atom is -0.439 e. The van der Waals surface area contributed by atoms with Gasteiger partial charge < -0.3 is 14.4 Å². The average molecular weight is 460 g/mol. The van der Waals surface area contributed by atoms with Gasteiger partial charge in [-0.3, -0.25) is 4.79 Å². The van der Waals surface area contributed by atoms with Gasteiger partial charge in [0.15, 0.2) is 0 Å². The number of aromatic nitrogens is 2. The second kappa shape index (κ2) is 10.4. The molecular weight excluding hydrogens is 426 g/mol. The molecule has 0 bridgehead atoms. The van der Waals surface area contributed by atoms with Crippen molar-refractivity contribution >= 4 is 5.91 Å². The average Bonchev–Trinajstić information content (AvgIpc) is 3.47. The topological polar surface area (TPSA) is 56.6 Å². The van der Waals surface area contributed by atoms with E-state index in [9.17, 15) is 4.79 Å². The van der Waals surface area contributed by atoms with E-state index in [1.54, 1.807) is 0 Å². The first-order valence-corrected chi connectivity index (χ1v) is 12.5. The number of nitrogens with zero attached hydrogens (tertiary/aromatic N) is 3. The molecule has 0 spiro atoms. The van der Waals surface area contributed by atoms with Gasteiger partial charge in [0, 0.05) is 19.1 Å². The van der Waals surface area contributed by atoms with Crippen LogP contribution in [0.3, 0.4) is 0 Å². The van der Waals surface area contributed by atoms with Gasteiger partial charge in [0.1, 0.15) is 5.75 Å². The molecule has 1 atom stereocenters. The van der Waals surface area contributed by atoms with E-state index in [0.29, 0.717) is 19.0 Å². The van der Waals surface area contributed by atoms with Crippen LogP contribution in [0.5, 0.6) is 11.6 Å². The van der Waals surface area contributed by atoms with E-state index in [1.165, 1.54) is 0 Å². The van der Waals surface area contributed by atoms with Gasteiger partial charge in [-0.1, -0.05) is 49.7 Å². The molecule has 1 aliphatic carbocycles. The lowest BCUT2D eigenvalue weighted by Gasteiger charge is -2.33. The third-order valence-electron chi connectivity index (χ3n) is 6.88. The summed E-state index contributed by atoms with van der Waals surface area (Å²) in [6.07, 6.45) is 6.04. The van der Waals surface area contributed by atoms with Crippen LogP contribution in [-0.4, -0.2) is 39.8 Å². The Balaban J connectivity index is 1.53. The molecule has 5 rings (SSSR count). The van der Waals surface area contributed by atoms with Crippen LogP contribution in [0, 0.1) is 5.92 Å². The maximum Gasteiger partial charge on any atom is 0.227 e. The number of carbonyl (C=O) groups is 1. The molecule has 178 valence electrons. The predicted octanol–water partition coefficient (Wildman–Crippen LogP) is 5.53. The minimum atomic E-state index is 0.108. The Kier molecular flexibility index (Phi) is 6.95. The lowest BCUT2D eigenvalue weighted by Crippen LogP contribution is -2.42. The Hall–Kier alpha value is -3.12. The fourth-order valence-corrected chi connectivity index (χ4v) is 4.74. The zero-order valence-electron chi connectivity index (χ0n) is 19.9. The van der Waals surface area contributed by atoms with Crippen LogP contribution in [0.25, 0.3) is 5.69 Å². The second-order valence-electron chi connectivity index (χ2n) is 9.23. The fourth-order valence-electron chi connectivity index (χ4n) is 4.74. The molecule has 1 amide bonds. The Morgan fingerprint density at radius 3 is 2.41 bits per heavy atom. The molecule has 6 heteroatoms. The van der Waals surface area contributed by atoms with Gasteiger partial charge >= 0.3 is 0 Å². The summed E-state index contributed by atoms with van der Waals surface area (Å²) < 4.78 is 14.2. The number of benzene rings is 2. The molecule has 2 aromatic carbocycles. The molecule has 1 saturated carbocycles. The second-order valence-corrected chi connectivity index (χ2v) is 9.23. The summed E-state index contributed by atoms with van der Waals surface area (Å²) in [6, 6.07) is 19.8. The number of rotatable bonds is 9. The van der Waals surface area contributed by atoms with Gasteiger partial charge in [0.25, 0.3) is 0 Å². The monoisotopic (exact) mass is 459 g/mol. The standard InChI is InChI=1S/C28H33N3O3/c1-2-26-25(20-30(19-24-17-10-18-33-24)27(32)21-11-9-12-21)28(34-23-15-7-4-8-16-23)31(29-26)22-13-5-3-6-14-22/h3-8,13-16,21,24H,2,9-12,17-20H2,1H3/t24-/m1/s1. The van der Waals surface area contributed by atoms with Gasteiger partial charge in [-0.2, -0.15) is 5.10 Å². The van der Waals surface area contributed by atoms with Crippen LogP contribution in [0.15, 0.2) is 60.7 Å². The summed E-state index contributed by atoms with van der Waals surface area (Å²) >= 11 is 0. The molecule has 0 radical (unpaired) electrons. The Morgan fingerprint density at radius 1 is 1.06 bits per heavy atom. The van der Waals surface area contributed by atoms with Crippen LogP contribution < -0.4 is 4.74 Å². The molecule has 0 unspecified atom stereocenters. The number of amides is 1. The van der Waals surface area contributed by atoms with Crippen molar-refractivity contribution in [1.29, 1.82) is 0 Å². The number of hydrogen-bond acceptors (Lipinski definition) is 4. The van der Waals surface area contributed by atoms with E-state index in [1.807, 2.05) is 70.2 Å². The van der Waals surface area contributed by atoms with Gasteiger partial charge in [-0.05, 0) is 56.4 Å². The van der Waals surface area contributed by atoms with E-state index in [-0.39, 0.29) is 17.9 Å². The molecule has 0 N–H and O–H groups in total. The highest BCUT2D eigenvalue weighted by Crippen LogP contribution is 2.34. The van der Waals surface area contributed by atoms with Crippen LogP contribution in [0.1, 0.15) is 50.3 Å². The van der Waals surface area contributed by atoms with Gasteiger partial charge in [-0.15, -0.1) is 0 Å². The zero-order chi connectivity index (χ0) is 23.3. The number of aryl methyl sites for hydroxylation is 1. The van der Waals surface area contributed by atoms with Gasteiger partial charge in [-0.25, -0.2) is 4.68 Å². The van der Waals surface area contributed by atoms with E-state index in [0.717, 1.165) is 67.8 Å². The summed E-state index contributed by atoms with van der Waals surface area (Å²) in [6.45, 7) is 3.99. The van der Waals surface area contributed by atoms with Crippen LogP contribution in [0.2, 0.25) is 0 Å². The van der Waals surface area contributed by atoms with Crippen molar-refractivity contribution in [3.8, 4) is 17.3 Å². The van der Waals surface area contributed by atoms with E-state index < -0.39 is 0 Å². The first-order valence-electron chi connectivity index (χ1n) is 12.5. The first-order chi connectivity index (χ1) is 16.7. The van der Waals surface area contributed by atoms with Crippen molar-refractivity contribution in [3.05, 3.63) is 71.9 Å². The smallest absolute Gasteiger partial charge is 0.227 e. The number of ether oxygens (including phenoxy) is 2. The van der Waals surface area contributed by atoms with Crippen molar-refractivity contribution in [3.63, 3.8) is 0 Å². The third kappa shape index (κ3) is 4.87. The molecule has 3 aromatic rings. The third-order valence-corrected chi connectivity index (χ3v) is 6.88. The lowest BCUT2D eigenvalue weighted by atomic mass is 9.84. The highest BCUT2D eigenvalue weighted by Gasteiger charge is 2.33. The normalized spacial score (nSPS) is 18.0. The molecule has 1 aliphatic heterocycles. The SMILES string of the molecule is CCc1nn(-c2ccccc2)c(Oc2ccccc2)c1CN(C[C@H]1CCCO1)C(=O)C1CCC1. The quantitative estimate of drug-likeness (QED) is 0.422. The van der Waals surface area contributed by atoms with Crippen LogP contribution in [-0.2, 0) is 22.5 Å². The highest BCUT2D eigenvalue weighted by molar-refractivity contribution is 5.79. The first kappa shape index (κ1) is 22.7. The molecule has 2 aliphatic rings. The van der Waals surface area contributed by atoms with Gasteiger partial charge in [0.05, 0.1) is 29.6 Å². The Morgan fingerprint density at radius 2 is 1.79 bits per heavy atom. The van der Waals surface area contributed by atoms with Crippen molar-refractivity contribution in [2.75, 3.05) is 13.2 Å². The summed E-state index contributed by atoms with van der Waals surface area (Å²) in [5.41, 5.74) is 2.86. The van der Waals surface area contributed by atoms with E-state index >= 15 is 0 Å². The number of hydrogen-bond donors (Lipinski definition) is 0. The summed E-state index contributed by atoms with van der Waals surface area (Å²) in [5, 5.41) is 4.94. The fraction of sp³-hybridized carbons (Fsp3) is 0.429. The maximum atomic E-state index is 13.5. The van der Waals surface area contributed by atoms with E-state index in [2.05, 4.69) is 6.92 Å². The van der Waals surface area contributed by atoms with Crippen molar-refractivity contribution in [2.24, 2.45) is 5.92 Å². The van der Waals surface area contributed by atoms with Crippen LogP contribution >= 0.6 is 0 Å². The minimum absolute atomic E-state index is 0.108. The van der Waals surface area contributed by atoms with Gasteiger partial charge in [0.2, 0.25) is 11.8 Å². The molecule has 6 nitrogen and oxygen atoms in total. The summed E-state index contributed by atoms with van der Waals surface area (Å²) in [7, 11) is 0. The maximum absolute atomic E-state index is 13.5. The van der Waals surface area contributed by atoms with E-state index in [4.69, 9.17) is 14.6 Å². The predicted molar refractivity (Wildman–Crippen MR) is 131 cm³/mol. The largest absolute Gasteiger partial charge is 0.439 e. The van der Waals surface area contributed by atoms with Crippen molar-refractivity contribution in [1.82, 2.24) is 14.7 Å². The number of para-hydroxylation sites is 2. The Labute approximate surface area is 201 Å². The molecule has 34 heavy (non-hydrogen) atoms. The summed E-state index contributed by atoms with van der Waals surface area (Å²) in [4.78, 5) is 15.5. The molecule has 1 saturated heterocycles. The van der Waals surface area contributed by atoms with Crippen molar-refractivity contribution in [2.45, 2.75) is 58.1 Å². The number of carbonyl (C=O) groups excluding carboxylic acids is 1. The lowest BCUT2D eigenvalue weighted by molar-refractivity contribution is -0.140. The molecule has 1 aromatic heterocycles. The van der Waals surface area contributed by atoms with Crippen molar-refractivity contribution < 1.29 is 14.3 Å².